The van der Waals surface area contributed by atoms with Gasteiger partial charge < -0.3 is 15.7 Å². The fraction of sp³-hybridized carbons (Fsp3) is 0.571. The minimum absolute atomic E-state index is 0.0686. The van der Waals surface area contributed by atoms with Gasteiger partial charge in [0.15, 0.2) is 0 Å². The number of carbonyl (C=O) groups is 3. The number of carboxylic acids is 1. The molecule has 2 amide bonds. The topological polar surface area (TPSA) is 95.5 Å². The van der Waals surface area contributed by atoms with Gasteiger partial charge in [-0.15, -0.1) is 0 Å². The highest BCUT2D eigenvalue weighted by molar-refractivity contribution is 5.94. The molecule has 6 heteroatoms. The maximum atomic E-state index is 11.0. The highest BCUT2D eigenvalue weighted by atomic mass is 16.4. The minimum atomic E-state index is -1.09. The predicted octanol–water partition coefficient (Wildman–Crippen LogP) is -1.68. The van der Waals surface area contributed by atoms with Crippen molar-refractivity contribution in [1.82, 2.24) is 10.6 Å². The summed E-state index contributed by atoms with van der Waals surface area (Å²) >= 11 is 0. The molecule has 1 aliphatic heterocycles. The van der Waals surface area contributed by atoms with Gasteiger partial charge in [-0.05, 0) is 0 Å². The van der Waals surface area contributed by atoms with E-state index in [1.54, 1.807) is 0 Å². The van der Waals surface area contributed by atoms with E-state index in [1.807, 2.05) is 0 Å². The van der Waals surface area contributed by atoms with Crippen LogP contribution in [-0.4, -0.2) is 35.5 Å². The number of aliphatic carboxylic acids is 1. The molecule has 0 radical (unpaired) electrons. The van der Waals surface area contributed by atoms with E-state index in [-0.39, 0.29) is 6.54 Å². The van der Waals surface area contributed by atoms with Crippen LogP contribution in [0.3, 0.4) is 0 Å². The van der Waals surface area contributed by atoms with Gasteiger partial charge in [-0.25, -0.2) is 0 Å². The lowest BCUT2D eigenvalue weighted by Crippen LogP contribution is -2.44. The van der Waals surface area contributed by atoms with Crippen LogP contribution in [-0.2, 0) is 14.4 Å². The van der Waals surface area contributed by atoms with Gasteiger partial charge in [-0.3, -0.25) is 14.4 Å². The number of hydrogen-bond donors (Lipinski definition) is 3. The molecule has 1 saturated heterocycles. The second kappa shape index (κ2) is 3.42. The Hall–Kier alpha value is -1.59. The monoisotopic (exact) mass is 186 g/mol. The standard InChI is InChI=1S/C7H10N2O4/c1-3(10)9-5-4(7(12)13)2-8-6(5)11/h4-5H,2H2,1H3,(H,8,11)(H,9,10)(H,12,13)/t4-,5+/m0/s1. The van der Waals surface area contributed by atoms with Crippen molar-refractivity contribution >= 4 is 17.8 Å². The van der Waals surface area contributed by atoms with Crippen LogP contribution < -0.4 is 10.6 Å². The van der Waals surface area contributed by atoms with Crippen molar-refractivity contribution < 1.29 is 19.5 Å². The van der Waals surface area contributed by atoms with Gasteiger partial charge in [0.2, 0.25) is 11.8 Å². The van der Waals surface area contributed by atoms with E-state index in [0.717, 1.165) is 0 Å². The zero-order valence-corrected chi connectivity index (χ0v) is 7.03. The van der Waals surface area contributed by atoms with Crippen LogP contribution in [0.5, 0.6) is 0 Å². The summed E-state index contributed by atoms with van der Waals surface area (Å²) in [5, 5.41) is 13.3. The number of carboxylic acid groups (broad SMARTS) is 1. The Morgan fingerprint density at radius 2 is 2.23 bits per heavy atom. The molecule has 13 heavy (non-hydrogen) atoms. The molecule has 0 aromatic rings. The van der Waals surface area contributed by atoms with Gasteiger partial charge in [0, 0.05) is 13.5 Å². The molecule has 3 N–H and O–H groups in total. The van der Waals surface area contributed by atoms with E-state index in [0.29, 0.717) is 0 Å². The molecule has 0 bridgehead atoms. The summed E-state index contributed by atoms with van der Waals surface area (Å²) in [6.07, 6.45) is 0. The van der Waals surface area contributed by atoms with E-state index in [2.05, 4.69) is 10.6 Å². The zero-order valence-electron chi connectivity index (χ0n) is 7.03. The van der Waals surface area contributed by atoms with Crippen molar-refractivity contribution in [2.75, 3.05) is 6.54 Å². The van der Waals surface area contributed by atoms with E-state index < -0.39 is 29.7 Å². The van der Waals surface area contributed by atoms with E-state index in [9.17, 15) is 14.4 Å². The van der Waals surface area contributed by atoms with Crippen molar-refractivity contribution in [1.29, 1.82) is 0 Å². The van der Waals surface area contributed by atoms with Gasteiger partial charge in [0.1, 0.15) is 12.0 Å². The quantitative estimate of drug-likeness (QED) is 0.480. The Morgan fingerprint density at radius 1 is 1.62 bits per heavy atom. The summed E-state index contributed by atoms with van der Waals surface area (Å²) < 4.78 is 0. The molecule has 72 valence electrons. The summed E-state index contributed by atoms with van der Waals surface area (Å²) in [6.45, 7) is 1.31. The fourth-order valence-electron chi connectivity index (χ4n) is 1.24. The van der Waals surface area contributed by atoms with Gasteiger partial charge in [-0.2, -0.15) is 0 Å². The smallest absolute Gasteiger partial charge is 0.310 e. The SMILES string of the molecule is CC(=O)N[C@H]1C(=O)NC[C@@H]1C(=O)O. The summed E-state index contributed by atoms with van der Waals surface area (Å²) in [4.78, 5) is 32.3. The maximum Gasteiger partial charge on any atom is 0.310 e. The molecule has 0 unspecified atom stereocenters. The van der Waals surface area contributed by atoms with Gasteiger partial charge >= 0.3 is 5.97 Å². The van der Waals surface area contributed by atoms with E-state index in [1.165, 1.54) is 6.92 Å². The number of amides is 2. The average molecular weight is 186 g/mol. The molecule has 1 heterocycles. The molecule has 0 aromatic carbocycles. The van der Waals surface area contributed by atoms with Gasteiger partial charge in [0.25, 0.3) is 0 Å². The molecule has 0 spiro atoms. The van der Waals surface area contributed by atoms with Crippen LogP contribution in [0.2, 0.25) is 0 Å². The summed E-state index contributed by atoms with van der Waals surface area (Å²) in [5.74, 6) is -2.80. The van der Waals surface area contributed by atoms with E-state index in [4.69, 9.17) is 5.11 Å². The third kappa shape index (κ3) is 1.95. The lowest BCUT2D eigenvalue weighted by molar-refractivity contribution is -0.143. The van der Waals surface area contributed by atoms with Crippen molar-refractivity contribution in [2.24, 2.45) is 5.92 Å². The molecule has 1 fully saturated rings. The Labute approximate surface area is 74.3 Å². The van der Waals surface area contributed by atoms with Crippen LogP contribution in [0.15, 0.2) is 0 Å². The Bertz CT molecular complexity index is 263. The molecular formula is C7H10N2O4. The third-order valence-electron chi connectivity index (χ3n) is 1.86. The molecule has 0 aliphatic carbocycles. The summed E-state index contributed by atoms with van der Waals surface area (Å²) in [6, 6.07) is -0.935. The maximum absolute atomic E-state index is 11.0. The minimum Gasteiger partial charge on any atom is -0.481 e. The van der Waals surface area contributed by atoms with Gasteiger partial charge in [-0.1, -0.05) is 0 Å². The first kappa shape index (κ1) is 9.50. The highest BCUT2D eigenvalue weighted by Crippen LogP contribution is 2.10. The van der Waals surface area contributed by atoms with Crippen LogP contribution >= 0.6 is 0 Å². The Balaban J connectivity index is 2.71. The zero-order chi connectivity index (χ0) is 10.0. The number of carbonyl (C=O) groups excluding carboxylic acids is 2. The van der Waals surface area contributed by atoms with Gasteiger partial charge in [0.05, 0.1) is 0 Å². The van der Waals surface area contributed by atoms with Crippen molar-refractivity contribution in [2.45, 2.75) is 13.0 Å². The van der Waals surface area contributed by atoms with Crippen molar-refractivity contribution in [3.63, 3.8) is 0 Å². The normalized spacial score (nSPS) is 26.7. The largest absolute Gasteiger partial charge is 0.481 e. The second-order valence-electron chi connectivity index (χ2n) is 2.87. The second-order valence-corrected chi connectivity index (χ2v) is 2.87. The fourth-order valence-corrected chi connectivity index (χ4v) is 1.24. The van der Waals surface area contributed by atoms with Crippen molar-refractivity contribution in [3.8, 4) is 0 Å². The first-order chi connectivity index (χ1) is 6.02. The van der Waals surface area contributed by atoms with E-state index >= 15 is 0 Å². The Kier molecular flexibility index (Phi) is 2.50. The summed E-state index contributed by atoms with van der Waals surface area (Å²) in [5.41, 5.74) is 0. The number of rotatable bonds is 2. The third-order valence-corrected chi connectivity index (χ3v) is 1.86. The van der Waals surface area contributed by atoms with Crippen LogP contribution in [0.4, 0.5) is 0 Å². The summed E-state index contributed by atoms with van der Waals surface area (Å²) in [7, 11) is 0. The highest BCUT2D eigenvalue weighted by Gasteiger charge is 2.39. The number of hydrogen-bond acceptors (Lipinski definition) is 3. The average Bonchev–Trinajstić information content (AvgIpc) is 2.32. The molecule has 2 atom stereocenters. The Morgan fingerprint density at radius 3 is 2.69 bits per heavy atom. The lowest BCUT2D eigenvalue weighted by Gasteiger charge is -2.12. The molecule has 1 rings (SSSR count). The van der Waals surface area contributed by atoms with Crippen molar-refractivity contribution in [3.05, 3.63) is 0 Å². The molecule has 0 aromatic heterocycles. The molecular weight excluding hydrogens is 176 g/mol. The number of nitrogens with one attached hydrogen (secondary N) is 2. The van der Waals surface area contributed by atoms with Crippen LogP contribution in [0, 0.1) is 5.92 Å². The van der Waals surface area contributed by atoms with Crippen LogP contribution in [0.25, 0.3) is 0 Å². The predicted molar refractivity (Wildman–Crippen MR) is 41.7 cm³/mol. The molecule has 1 aliphatic rings. The molecule has 0 saturated carbocycles. The molecule has 6 nitrogen and oxygen atoms in total. The van der Waals surface area contributed by atoms with Crippen LogP contribution in [0.1, 0.15) is 6.92 Å². The first-order valence-corrected chi connectivity index (χ1v) is 3.80. The first-order valence-electron chi connectivity index (χ1n) is 3.80. The lowest BCUT2D eigenvalue weighted by atomic mass is 10.0.